The highest BCUT2D eigenvalue weighted by Gasteiger charge is 2.31. The zero-order valence-corrected chi connectivity index (χ0v) is 14.4. The van der Waals surface area contributed by atoms with E-state index in [0.29, 0.717) is 5.75 Å². The van der Waals surface area contributed by atoms with Gasteiger partial charge in [0.15, 0.2) is 6.10 Å². The number of nitrogens with one attached hydrogen (secondary N) is 1. The minimum atomic E-state index is -0.644. The van der Waals surface area contributed by atoms with E-state index < -0.39 is 11.6 Å². The molecule has 0 aliphatic rings. The first-order valence-corrected chi connectivity index (χ1v) is 8.45. The van der Waals surface area contributed by atoms with Crippen LogP contribution < -0.4 is 10.1 Å². The first-order chi connectivity index (χ1) is 11.0. The molecule has 5 nitrogen and oxygen atoms in total. The summed E-state index contributed by atoms with van der Waals surface area (Å²) < 4.78 is 5.69. The first kappa shape index (κ1) is 17.4. The van der Waals surface area contributed by atoms with Crippen molar-refractivity contribution >= 4 is 17.2 Å². The second-order valence-electron chi connectivity index (χ2n) is 5.58. The number of carbonyl (C=O) groups excluding carboxylic acids is 1. The van der Waals surface area contributed by atoms with Crippen LogP contribution in [0.15, 0.2) is 35.8 Å². The van der Waals surface area contributed by atoms with Crippen molar-refractivity contribution in [1.82, 2.24) is 10.3 Å². The number of ether oxygens (including phenoxy) is 1. The summed E-state index contributed by atoms with van der Waals surface area (Å²) in [6.45, 7) is 5.62. The number of thiazole rings is 1. The molecule has 0 bridgehead atoms. The molecule has 2 atom stereocenters. The van der Waals surface area contributed by atoms with Crippen LogP contribution in [0.5, 0.6) is 5.75 Å². The van der Waals surface area contributed by atoms with E-state index in [1.165, 1.54) is 11.3 Å². The summed E-state index contributed by atoms with van der Waals surface area (Å²) in [5, 5.41) is 15.0. The van der Waals surface area contributed by atoms with Crippen LogP contribution in [-0.2, 0) is 16.9 Å². The van der Waals surface area contributed by atoms with Gasteiger partial charge in [0, 0.05) is 11.6 Å². The summed E-state index contributed by atoms with van der Waals surface area (Å²) in [5.41, 5.74) is 0.242. The number of hydrogen-bond donors (Lipinski definition) is 2. The van der Waals surface area contributed by atoms with Crippen molar-refractivity contribution in [3.05, 3.63) is 46.4 Å². The lowest BCUT2D eigenvalue weighted by Crippen LogP contribution is -2.48. The van der Waals surface area contributed by atoms with Crippen molar-refractivity contribution in [2.24, 2.45) is 0 Å². The van der Waals surface area contributed by atoms with Gasteiger partial charge >= 0.3 is 0 Å². The van der Waals surface area contributed by atoms with Gasteiger partial charge in [-0.1, -0.05) is 19.1 Å². The number of rotatable bonds is 7. The topological polar surface area (TPSA) is 71.5 Å². The van der Waals surface area contributed by atoms with Crippen LogP contribution in [-0.4, -0.2) is 22.1 Å². The van der Waals surface area contributed by atoms with Crippen molar-refractivity contribution in [2.75, 3.05) is 0 Å². The van der Waals surface area contributed by atoms with Gasteiger partial charge in [-0.2, -0.15) is 0 Å². The number of benzene rings is 1. The van der Waals surface area contributed by atoms with Crippen LogP contribution in [0, 0.1) is 0 Å². The molecule has 2 aromatic rings. The Bertz CT molecular complexity index is 645. The Morgan fingerprint density at radius 3 is 2.91 bits per heavy atom. The molecule has 124 valence electrons. The van der Waals surface area contributed by atoms with Crippen LogP contribution >= 0.6 is 11.3 Å². The molecule has 23 heavy (non-hydrogen) atoms. The van der Waals surface area contributed by atoms with Gasteiger partial charge in [-0.3, -0.25) is 4.79 Å². The van der Waals surface area contributed by atoms with Crippen LogP contribution in [0.25, 0.3) is 0 Å². The molecule has 0 fully saturated rings. The monoisotopic (exact) mass is 334 g/mol. The number of nitrogens with zero attached hydrogens (tertiary/aromatic N) is 1. The second kappa shape index (κ2) is 7.57. The van der Waals surface area contributed by atoms with Gasteiger partial charge in [-0.05, 0) is 38.0 Å². The van der Waals surface area contributed by atoms with E-state index in [2.05, 4.69) is 10.3 Å². The fourth-order valence-electron chi connectivity index (χ4n) is 2.14. The predicted molar refractivity (Wildman–Crippen MR) is 90.4 cm³/mol. The van der Waals surface area contributed by atoms with Crippen LogP contribution in [0.3, 0.4) is 0 Å². The van der Waals surface area contributed by atoms with Crippen LogP contribution in [0.2, 0.25) is 0 Å². The minimum absolute atomic E-state index is 0.0598. The molecule has 2 rings (SSSR count). The third-order valence-electron chi connectivity index (χ3n) is 3.77. The fraction of sp³-hybridized carbons (Fsp3) is 0.412. The molecule has 2 N–H and O–H groups in total. The Balaban J connectivity index is 2.04. The van der Waals surface area contributed by atoms with Gasteiger partial charge in [0.1, 0.15) is 10.8 Å². The molecular formula is C17H22N2O3S. The van der Waals surface area contributed by atoms with E-state index in [1.807, 2.05) is 19.2 Å². The van der Waals surface area contributed by atoms with E-state index in [1.54, 1.807) is 37.4 Å². The van der Waals surface area contributed by atoms with Crippen molar-refractivity contribution in [1.29, 1.82) is 0 Å². The molecule has 1 amide bonds. The van der Waals surface area contributed by atoms with Gasteiger partial charge in [-0.15, -0.1) is 11.3 Å². The SMILES string of the molecule is CCC(C)(NC(=O)C(C)Oc1cccc(CO)c1)c1nccs1. The Labute approximate surface area is 140 Å². The standard InChI is InChI=1S/C17H22N2O3S/c1-4-17(3,16-18-8-9-23-16)19-15(21)12(2)22-14-7-5-6-13(10-14)11-20/h5-10,12,20H,4,11H2,1-3H3,(H,19,21). The van der Waals surface area contributed by atoms with Crippen LogP contribution in [0.4, 0.5) is 0 Å². The number of amides is 1. The molecule has 0 saturated heterocycles. The summed E-state index contributed by atoms with van der Waals surface area (Å²) in [4.78, 5) is 16.8. The highest BCUT2D eigenvalue weighted by atomic mass is 32.1. The van der Waals surface area contributed by atoms with Crippen molar-refractivity contribution in [2.45, 2.75) is 45.4 Å². The van der Waals surface area contributed by atoms with Crippen molar-refractivity contribution < 1.29 is 14.6 Å². The summed E-state index contributed by atoms with van der Waals surface area (Å²) in [6, 6.07) is 7.08. The minimum Gasteiger partial charge on any atom is -0.481 e. The maximum absolute atomic E-state index is 12.5. The molecule has 2 unspecified atom stereocenters. The number of carbonyl (C=O) groups is 1. The Kier molecular flexibility index (Phi) is 5.74. The summed E-state index contributed by atoms with van der Waals surface area (Å²) >= 11 is 1.52. The number of aromatic nitrogens is 1. The van der Waals surface area contributed by atoms with Gasteiger partial charge in [0.25, 0.3) is 5.91 Å². The van der Waals surface area contributed by atoms with Gasteiger partial charge in [0.2, 0.25) is 0 Å². The average Bonchev–Trinajstić information content (AvgIpc) is 3.10. The van der Waals surface area contributed by atoms with Gasteiger partial charge < -0.3 is 15.2 Å². The van der Waals surface area contributed by atoms with E-state index in [9.17, 15) is 4.79 Å². The molecule has 0 aliphatic carbocycles. The Morgan fingerprint density at radius 2 is 2.30 bits per heavy atom. The van der Waals surface area contributed by atoms with E-state index >= 15 is 0 Å². The quantitative estimate of drug-likeness (QED) is 0.817. The smallest absolute Gasteiger partial charge is 0.261 e. The molecule has 0 spiro atoms. The summed E-state index contributed by atoms with van der Waals surface area (Å²) in [7, 11) is 0. The number of aliphatic hydroxyl groups is 1. The molecule has 0 radical (unpaired) electrons. The van der Waals surface area contributed by atoms with E-state index in [-0.39, 0.29) is 12.5 Å². The zero-order chi connectivity index (χ0) is 16.9. The molecule has 6 heteroatoms. The highest BCUT2D eigenvalue weighted by molar-refractivity contribution is 7.09. The Morgan fingerprint density at radius 1 is 1.52 bits per heavy atom. The fourth-order valence-corrected chi connectivity index (χ4v) is 2.97. The molecule has 1 aromatic carbocycles. The molecule has 1 heterocycles. The molecule has 0 aliphatic heterocycles. The predicted octanol–water partition coefficient (Wildman–Crippen LogP) is 2.84. The van der Waals surface area contributed by atoms with E-state index in [4.69, 9.17) is 9.84 Å². The molecule has 1 aromatic heterocycles. The summed E-state index contributed by atoms with van der Waals surface area (Å²) in [5.74, 6) is 0.366. The third kappa shape index (κ3) is 4.30. The lowest BCUT2D eigenvalue weighted by atomic mass is 9.99. The van der Waals surface area contributed by atoms with Crippen molar-refractivity contribution in [3.63, 3.8) is 0 Å². The molecule has 0 saturated carbocycles. The van der Waals surface area contributed by atoms with Gasteiger partial charge in [0.05, 0.1) is 12.1 Å². The summed E-state index contributed by atoms with van der Waals surface area (Å²) in [6.07, 6.45) is 1.83. The lowest BCUT2D eigenvalue weighted by molar-refractivity contribution is -0.129. The maximum Gasteiger partial charge on any atom is 0.261 e. The lowest BCUT2D eigenvalue weighted by Gasteiger charge is -2.29. The maximum atomic E-state index is 12.5. The third-order valence-corrected chi connectivity index (χ3v) is 4.81. The van der Waals surface area contributed by atoms with E-state index in [0.717, 1.165) is 17.0 Å². The Hall–Kier alpha value is -1.92. The largest absolute Gasteiger partial charge is 0.481 e. The number of aliphatic hydroxyl groups excluding tert-OH is 1. The second-order valence-corrected chi connectivity index (χ2v) is 6.47. The normalized spacial score (nSPS) is 14.8. The first-order valence-electron chi connectivity index (χ1n) is 7.57. The highest BCUT2D eigenvalue weighted by Crippen LogP contribution is 2.26. The average molecular weight is 334 g/mol. The number of hydrogen-bond acceptors (Lipinski definition) is 5. The van der Waals surface area contributed by atoms with Gasteiger partial charge in [-0.25, -0.2) is 4.98 Å². The van der Waals surface area contributed by atoms with Crippen molar-refractivity contribution in [3.8, 4) is 5.75 Å². The van der Waals surface area contributed by atoms with Crippen LogP contribution in [0.1, 0.15) is 37.8 Å². The zero-order valence-electron chi connectivity index (χ0n) is 13.6. The molecular weight excluding hydrogens is 312 g/mol.